The summed E-state index contributed by atoms with van der Waals surface area (Å²) >= 11 is 3.54. The molecule has 1 amide bonds. The van der Waals surface area contributed by atoms with E-state index in [1.54, 1.807) is 0 Å². The molecule has 1 aromatic carbocycles. The summed E-state index contributed by atoms with van der Waals surface area (Å²) in [5, 5.41) is 0. The van der Waals surface area contributed by atoms with Crippen molar-refractivity contribution in [3.8, 4) is 0 Å². The van der Waals surface area contributed by atoms with Gasteiger partial charge in [0.2, 0.25) is 0 Å². The molecule has 1 aromatic rings. The number of carbonyl (C=O) groups excluding carboxylic acids is 1. The van der Waals surface area contributed by atoms with E-state index < -0.39 is 0 Å². The smallest absolute Gasteiger partial charge is 0.255 e. The lowest BCUT2D eigenvalue weighted by Crippen LogP contribution is -2.39. The minimum absolute atomic E-state index is 0.108. The van der Waals surface area contributed by atoms with Crippen LogP contribution < -0.4 is 0 Å². The number of hydrogen-bond acceptors (Lipinski definition) is 2. The maximum Gasteiger partial charge on any atom is 0.255 e. The zero-order valence-corrected chi connectivity index (χ0v) is 14.7. The topological polar surface area (TPSA) is 23.6 Å². The summed E-state index contributed by atoms with van der Waals surface area (Å²) in [6, 6.07) is 5.84. The summed E-state index contributed by atoms with van der Waals surface area (Å²) in [6.45, 7) is 8.70. The molecule has 0 heterocycles. The van der Waals surface area contributed by atoms with E-state index in [9.17, 15) is 4.79 Å². The number of hydrogen-bond donors (Lipinski definition) is 0. The molecule has 1 rings (SSSR count). The van der Waals surface area contributed by atoms with Crippen LogP contribution >= 0.6 is 15.9 Å². The molecule has 20 heavy (non-hydrogen) atoms. The molecule has 0 N–H and O–H groups in total. The van der Waals surface area contributed by atoms with Gasteiger partial charge in [0.25, 0.3) is 5.91 Å². The van der Waals surface area contributed by atoms with E-state index >= 15 is 0 Å². The van der Waals surface area contributed by atoms with E-state index in [-0.39, 0.29) is 5.91 Å². The number of carbonyl (C=O) groups is 1. The van der Waals surface area contributed by atoms with Crippen molar-refractivity contribution in [1.29, 1.82) is 0 Å². The predicted molar refractivity (Wildman–Crippen MR) is 88.2 cm³/mol. The molecule has 0 radical (unpaired) electrons. The van der Waals surface area contributed by atoms with E-state index in [0.717, 1.165) is 35.2 Å². The molecule has 112 valence electrons. The van der Waals surface area contributed by atoms with Crippen molar-refractivity contribution in [2.45, 2.75) is 20.8 Å². The number of aryl methyl sites for hydroxylation is 1. The number of nitrogens with zero attached hydrogens (tertiary/aromatic N) is 2. The van der Waals surface area contributed by atoms with Crippen LogP contribution in [0.2, 0.25) is 0 Å². The molecule has 0 aromatic heterocycles. The minimum Gasteiger partial charge on any atom is -0.337 e. The molecule has 0 unspecified atom stereocenters. The number of benzene rings is 1. The Labute approximate surface area is 131 Å². The highest BCUT2D eigenvalue weighted by molar-refractivity contribution is 9.10. The van der Waals surface area contributed by atoms with Gasteiger partial charge < -0.3 is 9.80 Å². The fourth-order valence-electron chi connectivity index (χ4n) is 2.02. The van der Waals surface area contributed by atoms with Crippen molar-refractivity contribution in [2.24, 2.45) is 5.92 Å². The third kappa shape index (κ3) is 4.91. The monoisotopic (exact) mass is 340 g/mol. The fourth-order valence-corrected chi connectivity index (χ4v) is 2.45. The first kappa shape index (κ1) is 17.2. The summed E-state index contributed by atoms with van der Waals surface area (Å²) in [5.74, 6) is 0.570. The van der Waals surface area contributed by atoms with Crippen LogP contribution in [0.3, 0.4) is 0 Å². The highest BCUT2D eigenvalue weighted by atomic mass is 79.9. The molecule has 0 bridgehead atoms. The minimum atomic E-state index is 0.108. The summed E-state index contributed by atoms with van der Waals surface area (Å²) in [6.07, 6.45) is 0. The quantitative estimate of drug-likeness (QED) is 0.792. The molecular formula is C16H25BrN2O. The lowest BCUT2D eigenvalue weighted by molar-refractivity contribution is 0.0723. The largest absolute Gasteiger partial charge is 0.337 e. The summed E-state index contributed by atoms with van der Waals surface area (Å²) in [7, 11) is 4.06. The maximum absolute atomic E-state index is 12.7. The third-order valence-electron chi connectivity index (χ3n) is 3.11. The van der Waals surface area contributed by atoms with E-state index in [1.165, 1.54) is 0 Å². The van der Waals surface area contributed by atoms with Crippen molar-refractivity contribution in [1.82, 2.24) is 9.80 Å². The van der Waals surface area contributed by atoms with Crippen molar-refractivity contribution >= 4 is 21.8 Å². The van der Waals surface area contributed by atoms with E-state index in [2.05, 4.69) is 34.7 Å². The normalized spacial score (nSPS) is 11.2. The van der Waals surface area contributed by atoms with Gasteiger partial charge in [0.15, 0.2) is 0 Å². The molecule has 0 saturated heterocycles. The maximum atomic E-state index is 12.7. The second-order valence-electron chi connectivity index (χ2n) is 5.88. The van der Waals surface area contributed by atoms with Crippen LogP contribution in [0.25, 0.3) is 0 Å². The van der Waals surface area contributed by atoms with Gasteiger partial charge in [-0.15, -0.1) is 0 Å². The standard InChI is InChI=1S/C16H25BrN2O/c1-12(2)11-19(10-9-18(4)5)16(20)14-8-6-7-13(3)15(14)17/h6-8,12H,9-11H2,1-5H3. The first-order valence-corrected chi connectivity index (χ1v) is 7.81. The summed E-state index contributed by atoms with van der Waals surface area (Å²) < 4.78 is 0.906. The van der Waals surface area contributed by atoms with Crippen LogP contribution in [0.4, 0.5) is 0 Å². The van der Waals surface area contributed by atoms with Crippen LogP contribution in [-0.4, -0.2) is 49.4 Å². The Balaban J connectivity index is 2.94. The molecule has 3 nitrogen and oxygen atoms in total. The second-order valence-corrected chi connectivity index (χ2v) is 6.68. The number of amides is 1. The van der Waals surface area contributed by atoms with Crippen LogP contribution in [-0.2, 0) is 0 Å². The van der Waals surface area contributed by atoms with Gasteiger partial charge in [-0.3, -0.25) is 4.79 Å². The fraction of sp³-hybridized carbons (Fsp3) is 0.562. The van der Waals surface area contributed by atoms with Crippen LogP contribution in [0.15, 0.2) is 22.7 Å². The molecule has 0 atom stereocenters. The van der Waals surface area contributed by atoms with Gasteiger partial charge in [0, 0.05) is 24.1 Å². The lowest BCUT2D eigenvalue weighted by Gasteiger charge is -2.26. The zero-order chi connectivity index (χ0) is 15.3. The second kappa shape index (κ2) is 7.79. The Morgan fingerprint density at radius 3 is 2.45 bits per heavy atom. The number of halogens is 1. The molecule has 0 saturated carbocycles. The Morgan fingerprint density at radius 1 is 1.25 bits per heavy atom. The van der Waals surface area contributed by atoms with E-state index in [4.69, 9.17) is 0 Å². The van der Waals surface area contributed by atoms with Gasteiger partial charge in [0.1, 0.15) is 0 Å². The molecule has 0 fully saturated rings. The lowest BCUT2D eigenvalue weighted by atomic mass is 10.1. The Hall–Kier alpha value is -0.870. The first-order chi connectivity index (χ1) is 9.32. The Kier molecular flexibility index (Phi) is 6.69. The van der Waals surface area contributed by atoms with Crippen molar-refractivity contribution in [3.05, 3.63) is 33.8 Å². The number of likely N-dealkylation sites (N-methyl/N-ethyl adjacent to an activating group) is 1. The number of rotatable bonds is 6. The van der Waals surface area contributed by atoms with Crippen LogP contribution in [0.1, 0.15) is 29.8 Å². The van der Waals surface area contributed by atoms with Crippen LogP contribution in [0, 0.1) is 12.8 Å². The Morgan fingerprint density at radius 2 is 1.90 bits per heavy atom. The van der Waals surface area contributed by atoms with Gasteiger partial charge >= 0.3 is 0 Å². The highest BCUT2D eigenvalue weighted by Crippen LogP contribution is 2.22. The highest BCUT2D eigenvalue weighted by Gasteiger charge is 2.19. The zero-order valence-electron chi connectivity index (χ0n) is 13.1. The molecule has 0 aliphatic heterocycles. The Bertz CT molecular complexity index is 458. The van der Waals surface area contributed by atoms with Crippen molar-refractivity contribution in [2.75, 3.05) is 33.7 Å². The average molecular weight is 341 g/mol. The molecule has 4 heteroatoms. The average Bonchev–Trinajstić information content (AvgIpc) is 2.36. The summed E-state index contributed by atoms with van der Waals surface area (Å²) in [5.41, 5.74) is 1.84. The molecular weight excluding hydrogens is 316 g/mol. The van der Waals surface area contributed by atoms with E-state index in [1.807, 2.05) is 44.1 Å². The molecule has 0 spiro atoms. The van der Waals surface area contributed by atoms with E-state index in [0.29, 0.717) is 5.92 Å². The third-order valence-corrected chi connectivity index (χ3v) is 4.16. The SMILES string of the molecule is Cc1cccc(C(=O)N(CCN(C)C)CC(C)C)c1Br. The van der Waals surface area contributed by atoms with Gasteiger partial charge in [-0.25, -0.2) is 0 Å². The van der Waals surface area contributed by atoms with Crippen molar-refractivity contribution in [3.63, 3.8) is 0 Å². The summed E-state index contributed by atoms with van der Waals surface area (Å²) in [4.78, 5) is 16.8. The van der Waals surface area contributed by atoms with Crippen LogP contribution in [0.5, 0.6) is 0 Å². The predicted octanol–water partition coefficient (Wildman–Crippen LogP) is 3.42. The molecule has 0 aliphatic carbocycles. The first-order valence-electron chi connectivity index (χ1n) is 7.02. The molecule has 0 aliphatic rings. The van der Waals surface area contributed by atoms with Gasteiger partial charge in [0.05, 0.1) is 5.56 Å². The van der Waals surface area contributed by atoms with Crippen molar-refractivity contribution < 1.29 is 4.79 Å². The van der Waals surface area contributed by atoms with Gasteiger partial charge in [-0.2, -0.15) is 0 Å². The van der Waals surface area contributed by atoms with Gasteiger partial charge in [-0.05, 0) is 54.5 Å². The van der Waals surface area contributed by atoms with Gasteiger partial charge in [-0.1, -0.05) is 26.0 Å².